The topological polar surface area (TPSA) is 55.1 Å². The summed E-state index contributed by atoms with van der Waals surface area (Å²) in [6.45, 7) is 11.0. The van der Waals surface area contributed by atoms with Crippen LogP contribution in [-0.2, 0) is 11.8 Å². The molecule has 0 spiro atoms. The molecule has 0 saturated carbocycles. The van der Waals surface area contributed by atoms with Crippen LogP contribution in [0.3, 0.4) is 0 Å². The van der Waals surface area contributed by atoms with Gasteiger partial charge in [0.2, 0.25) is 0 Å². The maximum Gasteiger partial charge on any atom is 0.145 e. The quantitative estimate of drug-likeness (QED) is 0.809. The van der Waals surface area contributed by atoms with E-state index in [0.717, 1.165) is 43.2 Å². The number of hydrogen-bond donors (Lipinski definition) is 0. The summed E-state index contributed by atoms with van der Waals surface area (Å²) >= 11 is 0. The van der Waals surface area contributed by atoms with E-state index in [1.54, 1.807) is 0 Å². The van der Waals surface area contributed by atoms with Crippen molar-refractivity contribution in [1.29, 1.82) is 0 Å². The van der Waals surface area contributed by atoms with Crippen LogP contribution in [0.2, 0.25) is 0 Å². The van der Waals surface area contributed by atoms with Crippen molar-refractivity contribution in [3.63, 3.8) is 0 Å². The summed E-state index contributed by atoms with van der Waals surface area (Å²) in [6.07, 6.45) is 7.99. The van der Waals surface area contributed by atoms with Gasteiger partial charge in [-0.2, -0.15) is 0 Å². The molecule has 122 valence electrons. The summed E-state index contributed by atoms with van der Waals surface area (Å²) in [6, 6.07) is 0. The van der Waals surface area contributed by atoms with Gasteiger partial charge in [0.05, 0.1) is 24.3 Å². The third kappa shape index (κ3) is 2.17. The Hall–Kier alpha value is -1.91. The molecule has 2 aromatic rings. The first-order chi connectivity index (χ1) is 10.9. The average Bonchev–Trinajstić information content (AvgIpc) is 2.95. The highest BCUT2D eigenvalue weighted by atomic mass is 16.5. The molecular formula is C18H24N4O. The molecule has 23 heavy (non-hydrogen) atoms. The van der Waals surface area contributed by atoms with Crippen molar-refractivity contribution >= 4 is 5.69 Å². The van der Waals surface area contributed by atoms with Crippen molar-refractivity contribution < 1.29 is 4.52 Å². The first-order valence-electron chi connectivity index (χ1n) is 8.38. The third-order valence-corrected chi connectivity index (χ3v) is 5.91. The minimum atomic E-state index is 0.0364. The summed E-state index contributed by atoms with van der Waals surface area (Å²) in [5.41, 5.74) is 2.65. The largest absolute Gasteiger partial charge is 0.368 e. The van der Waals surface area contributed by atoms with E-state index in [-0.39, 0.29) is 10.8 Å². The van der Waals surface area contributed by atoms with E-state index in [1.807, 2.05) is 25.5 Å². The minimum absolute atomic E-state index is 0.0364. The van der Waals surface area contributed by atoms with Crippen LogP contribution in [0, 0.1) is 18.3 Å². The average molecular weight is 312 g/mol. The van der Waals surface area contributed by atoms with Gasteiger partial charge >= 0.3 is 0 Å². The van der Waals surface area contributed by atoms with Crippen LogP contribution in [-0.4, -0.2) is 28.2 Å². The zero-order valence-corrected chi connectivity index (χ0v) is 14.3. The molecule has 1 fully saturated rings. The molecule has 2 atom stereocenters. The van der Waals surface area contributed by atoms with Crippen LogP contribution in [0.25, 0.3) is 0 Å². The van der Waals surface area contributed by atoms with Crippen LogP contribution in [0.5, 0.6) is 0 Å². The zero-order chi connectivity index (χ0) is 16.2. The molecule has 0 unspecified atom stereocenters. The highest BCUT2D eigenvalue weighted by Crippen LogP contribution is 2.54. The molecule has 2 aromatic heterocycles. The lowest BCUT2D eigenvalue weighted by Crippen LogP contribution is -2.56. The smallest absolute Gasteiger partial charge is 0.145 e. The van der Waals surface area contributed by atoms with Crippen LogP contribution in [0.1, 0.15) is 44.3 Å². The molecule has 1 saturated heterocycles. The second kappa shape index (κ2) is 4.79. The van der Waals surface area contributed by atoms with Gasteiger partial charge < -0.3 is 9.42 Å². The van der Waals surface area contributed by atoms with Crippen molar-refractivity contribution in [2.24, 2.45) is 11.3 Å². The fourth-order valence-corrected chi connectivity index (χ4v) is 4.95. The maximum atomic E-state index is 5.61. The standard InChI is InChI=1S/C18H24N4O/c1-12-19-9-14(10-20-12)22-6-5-15-17(2,3)16-13(8-21-23-16)7-18(15,4)11-22/h8-10,15H,5-7,11H2,1-4H3/t15-,18+/m1/s1. The predicted octanol–water partition coefficient (Wildman–Crippen LogP) is 3.14. The number of anilines is 1. The van der Waals surface area contributed by atoms with Gasteiger partial charge in [-0.15, -0.1) is 0 Å². The lowest BCUT2D eigenvalue weighted by Gasteiger charge is -2.54. The van der Waals surface area contributed by atoms with Gasteiger partial charge in [-0.1, -0.05) is 25.9 Å². The van der Waals surface area contributed by atoms with Gasteiger partial charge in [0.25, 0.3) is 0 Å². The van der Waals surface area contributed by atoms with Crippen molar-refractivity contribution in [3.05, 3.63) is 35.7 Å². The van der Waals surface area contributed by atoms with E-state index in [0.29, 0.717) is 5.92 Å². The van der Waals surface area contributed by atoms with Gasteiger partial charge in [-0.3, -0.25) is 0 Å². The molecule has 2 aliphatic rings. The van der Waals surface area contributed by atoms with Crippen LogP contribution in [0.4, 0.5) is 5.69 Å². The second-order valence-electron chi connectivity index (χ2n) is 7.98. The number of aryl methyl sites for hydroxylation is 1. The van der Waals surface area contributed by atoms with Crippen LogP contribution >= 0.6 is 0 Å². The monoisotopic (exact) mass is 312 g/mol. The van der Waals surface area contributed by atoms with Crippen molar-refractivity contribution in [3.8, 4) is 0 Å². The van der Waals surface area contributed by atoms with E-state index in [1.165, 1.54) is 5.56 Å². The Bertz CT molecular complexity index is 721. The van der Waals surface area contributed by atoms with Gasteiger partial charge in [0, 0.05) is 24.1 Å². The fourth-order valence-electron chi connectivity index (χ4n) is 4.95. The van der Waals surface area contributed by atoms with Crippen molar-refractivity contribution in [2.75, 3.05) is 18.0 Å². The Balaban J connectivity index is 1.68. The fraction of sp³-hybridized carbons (Fsp3) is 0.611. The summed E-state index contributed by atoms with van der Waals surface area (Å²) in [5.74, 6) is 2.51. The number of nitrogens with zero attached hydrogens (tertiary/aromatic N) is 4. The molecule has 0 amide bonds. The van der Waals surface area contributed by atoms with Gasteiger partial charge in [-0.25, -0.2) is 9.97 Å². The summed E-state index contributed by atoms with van der Waals surface area (Å²) in [5, 5.41) is 4.07. The Morgan fingerprint density at radius 1 is 1.17 bits per heavy atom. The Morgan fingerprint density at radius 2 is 1.91 bits per heavy atom. The predicted molar refractivity (Wildman–Crippen MR) is 88.4 cm³/mol. The number of piperidine rings is 1. The molecule has 1 aliphatic carbocycles. The SMILES string of the molecule is Cc1ncc(N2CC[C@@H]3C(C)(C)c4oncc4C[C@@]3(C)C2)cn1. The molecular weight excluding hydrogens is 288 g/mol. The molecule has 4 rings (SSSR count). The van der Waals surface area contributed by atoms with Crippen molar-refractivity contribution in [2.45, 2.75) is 46.0 Å². The number of hydrogen-bond acceptors (Lipinski definition) is 5. The molecule has 0 aromatic carbocycles. The number of aromatic nitrogens is 3. The molecule has 0 bridgehead atoms. The first kappa shape index (κ1) is 14.7. The first-order valence-corrected chi connectivity index (χ1v) is 8.38. The molecule has 0 radical (unpaired) electrons. The van der Waals surface area contributed by atoms with Gasteiger partial charge in [0.15, 0.2) is 0 Å². The number of rotatable bonds is 1. The van der Waals surface area contributed by atoms with E-state index in [4.69, 9.17) is 4.52 Å². The van der Waals surface area contributed by atoms with Gasteiger partial charge in [0.1, 0.15) is 11.6 Å². The summed E-state index contributed by atoms with van der Waals surface area (Å²) in [7, 11) is 0. The zero-order valence-electron chi connectivity index (χ0n) is 14.3. The van der Waals surface area contributed by atoms with E-state index in [2.05, 4.69) is 40.8 Å². The van der Waals surface area contributed by atoms with Gasteiger partial charge in [-0.05, 0) is 31.1 Å². The summed E-state index contributed by atoms with van der Waals surface area (Å²) < 4.78 is 5.61. The lowest BCUT2D eigenvalue weighted by molar-refractivity contribution is 0.0515. The van der Waals surface area contributed by atoms with E-state index in [9.17, 15) is 0 Å². The van der Waals surface area contributed by atoms with E-state index < -0.39 is 0 Å². The highest BCUT2D eigenvalue weighted by molar-refractivity contribution is 5.44. The third-order valence-electron chi connectivity index (χ3n) is 5.91. The summed E-state index contributed by atoms with van der Waals surface area (Å²) in [4.78, 5) is 11.2. The Kier molecular flexibility index (Phi) is 3.06. The normalized spacial score (nSPS) is 29.0. The maximum absolute atomic E-state index is 5.61. The highest BCUT2D eigenvalue weighted by Gasteiger charge is 2.53. The molecule has 5 heteroatoms. The molecule has 0 N–H and O–H groups in total. The second-order valence-corrected chi connectivity index (χ2v) is 7.98. The van der Waals surface area contributed by atoms with Crippen molar-refractivity contribution in [1.82, 2.24) is 15.1 Å². The number of fused-ring (bicyclic) bond motifs is 2. The van der Waals surface area contributed by atoms with Crippen LogP contribution < -0.4 is 4.90 Å². The minimum Gasteiger partial charge on any atom is -0.368 e. The van der Waals surface area contributed by atoms with Crippen LogP contribution in [0.15, 0.2) is 23.1 Å². The Labute approximate surface area is 137 Å². The molecule has 3 heterocycles. The van der Waals surface area contributed by atoms with E-state index >= 15 is 0 Å². The Morgan fingerprint density at radius 3 is 2.65 bits per heavy atom. The lowest BCUT2D eigenvalue weighted by atomic mass is 9.54. The molecule has 1 aliphatic heterocycles. The molecule has 5 nitrogen and oxygen atoms in total.